The topological polar surface area (TPSA) is 231 Å². The summed E-state index contributed by atoms with van der Waals surface area (Å²) in [6.07, 6.45) is -5.08. The van der Waals surface area contributed by atoms with Crippen LogP contribution in [-0.2, 0) is 28.8 Å². The number of fused-ring (bicyclic) bond motifs is 1. The van der Waals surface area contributed by atoms with E-state index in [1.54, 1.807) is 0 Å². The van der Waals surface area contributed by atoms with Crippen molar-refractivity contribution < 1.29 is 66.4 Å². The number of nitrogens with zero attached hydrogens (tertiary/aromatic N) is 3. The predicted octanol–water partition coefficient (Wildman–Crippen LogP) is 1.12. The molecule has 1 saturated heterocycles. The van der Waals surface area contributed by atoms with Crippen LogP contribution < -0.4 is 15.8 Å². The highest BCUT2D eigenvalue weighted by molar-refractivity contribution is 8.00. The molecular weight excluding hydrogens is 646 g/mol. The van der Waals surface area contributed by atoms with Gasteiger partial charge in [-0.2, -0.15) is 13.2 Å². The van der Waals surface area contributed by atoms with Crippen LogP contribution in [0.3, 0.4) is 0 Å². The van der Waals surface area contributed by atoms with Gasteiger partial charge in [0.2, 0.25) is 6.61 Å². The number of carboxylic acid groups (broad SMARTS) is 3. The summed E-state index contributed by atoms with van der Waals surface area (Å²) in [6, 6.07) is 4.24. The number of carbonyl (C=O) groups excluding carboxylic acids is 2. The third kappa shape index (κ3) is 8.34. The first kappa shape index (κ1) is 33.6. The number of hydrogen-bond donors (Lipinski definition) is 5. The van der Waals surface area contributed by atoms with Crippen molar-refractivity contribution in [3.05, 3.63) is 52.4 Å². The zero-order chi connectivity index (χ0) is 32.8. The van der Waals surface area contributed by atoms with E-state index >= 15 is 0 Å². The SMILES string of the molecule is Nc1nc(C(=NOCC(=O)O)C(=O)NC2C(=O)N3C(C(=O)O)=C(COc4cccc(F)c4)CS[C@@H]23)cs1.O=C(O)C(F)(F)F. The number of thiazole rings is 1. The van der Waals surface area contributed by atoms with Gasteiger partial charge in [0.25, 0.3) is 11.8 Å². The summed E-state index contributed by atoms with van der Waals surface area (Å²) in [4.78, 5) is 67.1. The van der Waals surface area contributed by atoms with Crippen LogP contribution in [0.25, 0.3) is 0 Å². The van der Waals surface area contributed by atoms with Crippen LogP contribution in [0.4, 0.5) is 22.7 Å². The minimum atomic E-state index is -5.08. The van der Waals surface area contributed by atoms with Gasteiger partial charge >= 0.3 is 24.1 Å². The number of rotatable bonds is 10. The fourth-order valence-electron chi connectivity index (χ4n) is 3.48. The molecule has 0 aliphatic carbocycles. The first-order chi connectivity index (χ1) is 20.6. The molecule has 2 amide bonds. The molecule has 1 aromatic carbocycles. The zero-order valence-electron chi connectivity index (χ0n) is 21.6. The minimum Gasteiger partial charge on any atom is -0.489 e. The number of amides is 2. The van der Waals surface area contributed by atoms with Crippen molar-refractivity contribution in [2.45, 2.75) is 17.6 Å². The number of aliphatic carboxylic acids is 3. The van der Waals surface area contributed by atoms with Gasteiger partial charge in [-0.1, -0.05) is 11.2 Å². The van der Waals surface area contributed by atoms with E-state index in [1.807, 2.05) is 0 Å². The number of nitrogen functional groups attached to an aromatic ring is 1. The van der Waals surface area contributed by atoms with E-state index in [0.29, 0.717) is 5.57 Å². The molecule has 21 heteroatoms. The maximum atomic E-state index is 13.4. The van der Waals surface area contributed by atoms with Crippen molar-refractivity contribution in [3.63, 3.8) is 0 Å². The number of β-lactam (4-membered cyclic amide) rings is 1. The molecule has 15 nitrogen and oxygen atoms in total. The van der Waals surface area contributed by atoms with E-state index in [-0.39, 0.29) is 34.6 Å². The number of anilines is 1. The van der Waals surface area contributed by atoms with Gasteiger partial charge in [0.15, 0.2) is 10.8 Å². The predicted molar refractivity (Wildman–Crippen MR) is 142 cm³/mol. The summed E-state index contributed by atoms with van der Waals surface area (Å²) >= 11 is 2.21. The summed E-state index contributed by atoms with van der Waals surface area (Å²) in [7, 11) is 0. The quantitative estimate of drug-likeness (QED) is 0.104. The maximum Gasteiger partial charge on any atom is 0.490 e. The fraction of sp³-hybridized carbons (Fsp3) is 0.261. The summed E-state index contributed by atoms with van der Waals surface area (Å²) in [5.74, 6) is -7.17. The molecule has 1 aromatic heterocycles. The molecular formula is C23H19F4N5O10S2. The highest BCUT2D eigenvalue weighted by Gasteiger charge is 2.54. The van der Waals surface area contributed by atoms with Crippen molar-refractivity contribution in [2.75, 3.05) is 24.7 Å². The van der Waals surface area contributed by atoms with Gasteiger partial charge in [0.05, 0.1) is 0 Å². The normalized spacial score (nSPS) is 17.9. The molecule has 1 unspecified atom stereocenters. The molecule has 44 heavy (non-hydrogen) atoms. The molecule has 2 aliphatic rings. The molecule has 1 fully saturated rings. The summed E-state index contributed by atoms with van der Waals surface area (Å²) < 4.78 is 50.6. The second-order valence-electron chi connectivity index (χ2n) is 8.35. The highest BCUT2D eigenvalue weighted by atomic mass is 32.2. The van der Waals surface area contributed by atoms with Crippen molar-refractivity contribution in [2.24, 2.45) is 5.16 Å². The van der Waals surface area contributed by atoms with E-state index in [4.69, 9.17) is 25.5 Å². The third-order valence-corrected chi connectivity index (χ3v) is 7.33. The van der Waals surface area contributed by atoms with E-state index in [0.717, 1.165) is 22.3 Å². The molecule has 4 rings (SSSR count). The lowest BCUT2D eigenvalue weighted by molar-refractivity contribution is -0.192. The van der Waals surface area contributed by atoms with Gasteiger partial charge < -0.3 is 35.9 Å². The number of nitrogens with two attached hydrogens (primary N) is 1. The van der Waals surface area contributed by atoms with Gasteiger partial charge in [0, 0.05) is 22.8 Å². The fourth-order valence-corrected chi connectivity index (χ4v) is 5.36. The molecule has 0 radical (unpaired) electrons. The van der Waals surface area contributed by atoms with Crippen molar-refractivity contribution in [1.29, 1.82) is 0 Å². The van der Waals surface area contributed by atoms with Crippen LogP contribution in [0.1, 0.15) is 5.69 Å². The molecule has 236 valence electrons. The first-order valence-corrected chi connectivity index (χ1v) is 13.6. The monoisotopic (exact) mass is 665 g/mol. The zero-order valence-corrected chi connectivity index (χ0v) is 23.2. The van der Waals surface area contributed by atoms with E-state index in [9.17, 15) is 41.8 Å². The Balaban J connectivity index is 0.000000676. The van der Waals surface area contributed by atoms with Gasteiger partial charge in [0.1, 0.15) is 41.0 Å². The number of oxime groups is 1. The number of carboxylic acids is 3. The summed E-state index contributed by atoms with van der Waals surface area (Å²) in [5, 5.41) is 32.4. The van der Waals surface area contributed by atoms with Crippen LogP contribution in [-0.4, -0.2) is 97.2 Å². The molecule has 6 N–H and O–H groups in total. The molecule has 2 aromatic rings. The van der Waals surface area contributed by atoms with E-state index in [1.165, 1.54) is 35.3 Å². The van der Waals surface area contributed by atoms with Gasteiger partial charge in [-0.25, -0.2) is 23.8 Å². The summed E-state index contributed by atoms with van der Waals surface area (Å²) in [5.41, 5.74) is 5.23. The third-order valence-electron chi connectivity index (χ3n) is 5.31. The number of nitrogens with one attached hydrogen (secondary N) is 1. The highest BCUT2D eigenvalue weighted by Crippen LogP contribution is 2.40. The Bertz CT molecular complexity index is 1530. The van der Waals surface area contributed by atoms with Gasteiger partial charge in [-0.3, -0.25) is 14.5 Å². The lowest BCUT2D eigenvalue weighted by Crippen LogP contribution is -2.71. The standard InChI is InChI=1S/C21H18FN5O8S2.C2HF3O2/c22-10-2-1-3-11(4-10)34-5-9-7-36-19-15(18(31)27(19)16(9)20(32)33)25-17(30)14(26-35-6-13(28)29)12-8-37-21(23)24-12;3-2(4,5)1(6)7/h1-4,8,15,19H,5-7H2,(H2,23,24)(H,25,30)(H,28,29)(H,32,33);(H,6,7)/t15?,19-;/m0./s1. The Morgan fingerprint density at radius 2 is 1.89 bits per heavy atom. The smallest absolute Gasteiger partial charge is 0.489 e. The van der Waals surface area contributed by atoms with Crippen LogP contribution in [0.15, 0.2) is 46.1 Å². The number of alkyl halides is 3. The van der Waals surface area contributed by atoms with Gasteiger partial charge in [-0.15, -0.1) is 23.1 Å². The Morgan fingerprint density at radius 1 is 1.20 bits per heavy atom. The Kier molecular flexibility index (Phi) is 10.7. The minimum absolute atomic E-state index is 0.00761. The molecule has 2 aliphatic heterocycles. The van der Waals surface area contributed by atoms with Crippen LogP contribution in [0, 0.1) is 5.82 Å². The number of hydrogen-bond acceptors (Lipinski definition) is 12. The van der Waals surface area contributed by atoms with Crippen LogP contribution in [0.5, 0.6) is 5.75 Å². The average Bonchev–Trinajstić information content (AvgIpc) is 3.37. The Labute approximate surface area is 250 Å². The average molecular weight is 666 g/mol. The van der Waals surface area contributed by atoms with Crippen LogP contribution >= 0.6 is 23.1 Å². The lowest BCUT2D eigenvalue weighted by Gasteiger charge is -2.49. The number of aromatic nitrogens is 1. The first-order valence-electron chi connectivity index (χ1n) is 11.6. The molecule has 3 heterocycles. The van der Waals surface area contributed by atoms with Crippen LogP contribution in [0.2, 0.25) is 0 Å². The number of carbonyl (C=O) groups is 5. The Hall–Kier alpha value is -4.92. The van der Waals surface area contributed by atoms with Crippen molar-refractivity contribution in [1.82, 2.24) is 15.2 Å². The largest absolute Gasteiger partial charge is 0.490 e. The number of ether oxygens (including phenoxy) is 1. The van der Waals surface area contributed by atoms with Crippen molar-refractivity contribution in [3.8, 4) is 5.75 Å². The number of halogens is 4. The van der Waals surface area contributed by atoms with E-state index < -0.39 is 65.5 Å². The summed E-state index contributed by atoms with van der Waals surface area (Å²) in [6.45, 7) is -1.01. The number of benzene rings is 1. The van der Waals surface area contributed by atoms with E-state index in [2.05, 4.69) is 20.3 Å². The second kappa shape index (κ2) is 14.0. The molecule has 0 saturated carbocycles. The maximum absolute atomic E-state index is 13.4. The Morgan fingerprint density at radius 3 is 2.43 bits per heavy atom. The second-order valence-corrected chi connectivity index (χ2v) is 10.3. The molecule has 0 bridgehead atoms. The molecule has 2 atom stereocenters. The molecule has 0 spiro atoms. The number of thioether (sulfide) groups is 1. The van der Waals surface area contributed by atoms with Gasteiger partial charge in [-0.05, 0) is 12.1 Å². The van der Waals surface area contributed by atoms with Crippen molar-refractivity contribution >= 4 is 63.7 Å². The lowest BCUT2D eigenvalue weighted by atomic mass is 10.0.